The van der Waals surface area contributed by atoms with Crippen LogP contribution < -0.4 is 4.74 Å². The molecule has 0 fully saturated rings. The third kappa shape index (κ3) is 4.22. The fraction of sp³-hybridized carbons (Fsp3) is 0.500. The summed E-state index contributed by atoms with van der Waals surface area (Å²) in [4.78, 5) is 11.9. The SMILES string of the molecule is CCOC(=O)c1cc(OCC)ccc1CCCCl. The largest absolute Gasteiger partial charge is 0.494 e. The van der Waals surface area contributed by atoms with Crippen molar-refractivity contribution in [3.63, 3.8) is 0 Å². The van der Waals surface area contributed by atoms with Gasteiger partial charge in [-0.3, -0.25) is 0 Å². The van der Waals surface area contributed by atoms with E-state index in [0.717, 1.165) is 18.4 Å². The van der Waals surface area contributed by atoms with Crippen LogP contribution >= 0.6 is 11.6 Å². The number of rotatable bonds is 7. The van der Waals surface area contributed by atoms with Crippen molar-refractivity contribution in [2.45, 2.75) is 26.7 Å². The summed E-state index contributed by atoms with van der Waals surface area (Å²) in [5, 5.41) is 0. The van der Waals surface area contributed by atoms with Crippen LogP contribution in [-0.2, 0) is 11.2 Å². The van der Waals surface area contributed by atoms with Crippen LogP contribution in [0.4, 0.5) is 0 Å². The molecule has 1 aromatic rings. The lowest BCUT2D eigenvalue weighted by molar-refractivity contribution is 0.0524. The van der Waals surface area contributed by atoms with Gasteiger partial charge in [-0.2, -0.15) is 0 Å². The molecule has 0 N–H and O–H groups in total. The van der Waals surface area contributed by atoms with Crippen LogP contribution in [0.1, 0.15) is 36.2 Å². The highest BCUT2D eigenvalue weighted by Crippen LogP contribution is 2.20. The van der Waals surface area contributed by atoms with Crippen molar-refractivity contribution in [2.24, 2.45) is 0 Å². The van der Waals surface area contributed by atoms with Crippen LogP contribution in [0.2, 0.25) is 0 Å². The monoisotopic (exact) mass is 270 g/mol. The number of benzene rings is 1. The maximum Gasteiger partial charge on any atom is 0.338 e. The molecule has 0 aliphatic rings. The first-order valence-electron chi connectivity index (χ1n) is 6.21. The maximum atomic E-state index is 11.9. The predicted octanol–water partition coefficient (Wildman–Crippen LogP) is 3.43. The van der Waals surface area contributed by atoms with E-state index in [2.05, 4.69) is 0 Å². The Morgan fingerprint density at radius 2 is 2.06 bits per heavy atom. The Kier molecular flexibility index (Phi) is 6.58. The Bertz CT molecular complexity index is 391. The minimum Gasteiger partial charge on any atom is -0.494 e. The van der Waals surface area contributed by atoms with Crippen molar-refractivity contribution in [1.29, 1.82) is 0 Å². The van der Waals surface area contributed by atoms with Gasteiger partial charge in [-0.1, -0.05) is 6.07 Å². The minimum absolute atomic E-state index is 0.302. The lowest BCUT2D eigenvalue weighted by Gasteiger charge is -2.11. The molecule has 0 atom stereocenters. The van der Waals surface area contributed by atoms with Crippen molar-refractivity contribution in [1.82, 2.24) is 0 Å². The number of halogens is 1. The molecule has 1 rings (SSSR count). The molecule has 0 aliphatic heterocycles. The summed E-state index contributed by atoms with van der Waals surface area (Å²) >= 11 is 5.68. The molecule has 0 aliphatic carbocycles. The lowest BCUT2D eigenvalue weighted by atomic mass is 10.0. The molecular formula is C14H19ClO3. The predicted molar refractivity (Wildman–Crippen MR) is 72.6 cm³/mol. The Hall–Kier alpha value is -1.22. The molecule has 0 radical (unpaired) electrons. The van der Waals surface area contributed by atoms with Gasteiger partial charge >= 0.3 is 5.97 Å². The second kappa shape index (κ2) is 7.98. The average Bonchev–Trinajstić information content (AvgIpc) is 2.38. The molecule has 0 unspecified atom stereocenters. The summed E-state index contributed by atoms with van der Waals surface area (Å²) in [6, 6.07) is 5.52. The van der Waals surface area contributed by atoms with Gasteiger partial charge < -0.3 is 9.47 Å². The maximum absolute atomic E-state index is 11.9. The highest BCUT2D eigenvalue weighted by atomic mass is 35.5. The van der Waals surface area contributed by atoms with Crippen LogP contribution in [0, 0.1) is 0 Å². The fourth-order valence-corrected chi connectivity index (χ4v) is 1.82. The number of alkyl halides is 1. The van der Waals surface area contributed by atoms with E-state index in [4.69, 9.17) is 21.1 Å². The number of esters is 1. The highest BCUT2D eigenvalue weighted by Gasteiger charge is 2.13. The summed E-state index contributed by atoms with van der Waals surface area (Å²) in [5.41, 5.74) is 1.53. The molecule has 100 valence electrons. The van der Waals surface area contributed by atoms with E-state index in [1.807, 2.05) is 19.1 Å². The molecule has 3 nitrogen and oxygen atoms in total. The van der Waals surface area contributed by atoms with Gasteiger partial charge in [0.2, 0.25) is 0 Å². The average molecular weight is 271 g/mol. The van der Waals surface area contributed by atoms with Gasteiger partial charge in [-0.15, -0.1) is 11.6 Å². The van der Waals surface area contributed by atoms with E-state index < -0.39 is 0 Å². The van der Waals surface area contributed by atoms with Crippen LogP contribution in [0.15, 0.2) is 18.2 Å². The Morgan fingerprint density at radius 1 is 1.28 bits per heavy atom. The number of hydrogen-bond donors (Lipinski definition) is 0. The number of ether oxygens (including phenoxy) is 2. The minimum atomic E-state index is -0.302. The van der Waals surface area contributed by atoms with Crippen molar-refractivity contribution in [3.8, 4) is 5.75 Å². The molecule has 4 heteroatoms. The van der Waals surface area contributed by atoms with Crippen LogP contribution in [0.3, 0.4) is 0 Å². The summed E-state index contributed by atoms with van der Waals surface area (Å²) in [7, 11) is 0. The van der Waals surface area contributed by atoms with Crippen molar-refractivity contribution in [3.05, 3.63) is 29.3 Å². The molecule has 0 bridgehead atoms. The van der Waals surface area contributed by atoms with Gasteiger partial charge in [0.1, 0.15) is 5.75 Å². The first-order valence-corrected chi connectivity index (χ1v) is 6.75. The van der Waals surface area contributed by atoms with E-state index in [-0.39, 0.29) is 5.97 Å². The molecule has 0 amide bonds. The Morgan fingerprint density at radius 3 is 2.67 bits per heavy atom. The van der Waals surface area contributed by atoms with Crippen LogP contribution in [-0.4, -0.2) is 25.1 Å². The van der Waals surface area contributed by atoms with Gasteiger partial charge in [0, 0.05) is 5.88 Å². The first kappa shape index (κ1) is 14.8. The Labute approximate surface area is 113 Å². The highest BCUT2D eigenvalue weighted by molar-refractivity contribution is 6.17. The fourth-order valence-electron chi connectivity index (χ4n) is 1.69. The number of carbonyl (C=O) groups is 1. The third-order valence-corrected chi connectivity index (χ3v) is 2.73. The second-order valence-electron chi connectivity index (χ2n) is 3.76. The number of hydrogen-bond acceptors (Lipinski definition) is 3. The zero-order chi connectivity index (χ0) is 13.4. The molecule has 1 aromatic carbocycles. The van der Waals surface area contributed by atoms with Gasteiger partial charge in [0.15, 0.2) is 0 Å². The third-order valence-electron chi connectivity index (χ3n) is 2.47. The summed E-state index contributed by atoms with van der Waals surface area (Å²) in [6.07, 6.45) is 1.60. The molecule has 0 heterocycles. The molecule has 0 aromatic heterocycles. The molecular weight excluding hydrogens is 252 g/mol. The summed E-state index contributed by atoms with van der Waals surface area (Å²) in [6.45, 7) is 4.64. The zero-order valence-corrected chi connectivity index (χ0v) is 11.6. The van der Waals surface area contributed by atoms with E-state index in [9.17, 15) is 4.79 Å². The quantitative estimate of drug-likeness (QED) is 0.562. The van der Waals surface area contributed by atoms with Gasteiger partial charge in [-0.05, 0) is 44.4 Å². The van der Waals surface area contributed by atoms with Crippen LogP contribution in [0.25, 0.3) is 0 Å². The second-order valence-corrected chi connectivity index (χ2v) is 4.14. The van der Waals surface area contributed by atoms with E-state index >= 15 is 0 Å². The normalized spacial score (nSPS) is 10.2. The van der Waals surface area contributed by atoms with Gasteiger partial charge in [0.05, 0.1) is 18.8 Å². The van der Waals surface area contributed by atoms with Crippen molar-refractivity contribution >= 4 is 17.6 Å². The lowest BCUT2D eigenvalue weighted by Crippen LogP contribution is -2.09. The first-order chi connectivity index (χ1) is 8.72. The summed E-state index contributed by atoms with van der Waals surface area (Å²) < 4.78 is 10.5. The molecule has 0 saturated heterocycles. The van der Waals surface area contributed by atoms with Crippen molar-refractivity contribution < 1.29 is 14.3 Å². The van der Waals surface area contributed by atoms with Gasteiger partial charge in [0.25, 0.3) is 0 Å². The molecule has 0 saturated carbocycles. The Balaban J connectivity index is 2.97. The topological polar surface area (TPSA) is 35.5 Å². The van der Waals surface area contributed by atoms with E-state index in [1.165, 1.54) is 0 Å². The smallest absolute Gasteiger partial charge is 0.338 e. The van der Waals surface area contributed by atoms with E-state index in [1.54, 1.807) is 13.0 Å². The number of aryl methyl sites for hydroxylation is 1. The summed E-state index contributed by atoms with van der Waals surface area (Å²) in [5.74, 6) is 0.967. The zero-order valence-electron chi connectivity index (χ0n) is 10.9. The van der Waals surface area contributed by atoms with Gasteiger partial charge in [-0.25, -0.2) is 4.79 Å². The van der Waals surface area contributed by atoms with Crippen LogP contribution in [0.5, 0.6) is 5.75 Å². The standard InChI is InChI=1S/C14H19ClO3/c1-3-17-12-8-7-11(6-5-9-15)13(10-12)14(16)18-4-2/h7-8,10H,3-6,9H2,1-2H3. The van der Waals surface area contributed by atoms with E-state index in [0.29, 0.717) is 30.4 Å². The van der Waals surface area contributed by atoms with Crippen molar-refractivity contribution in [2.75, 3.05) is 19.1 Å². The molecule has 18 heavy (non-hydrogen) atoms. The molecule has 0 spiro atoms. The number of carbonyl (C=O) groups excluding carboxylic acids is 1.